The van der Waals surface area contributed by atoms with Gasteiger partial charge in [0, 0.05) is 43.7 Å². The number of H-pyrrole nitrogens is 1. The zero-order valence-electron chi connectivity index (χ0n) is 19.4. The molecule has 0 atom stereocenters. The molecule has 0 fully saturated rings. The lowest BCUT2D eigenvalue weighted by molar-refractivity contribution is 1.22. The van der Waals surface area contributed by atoms with Crippen LogP contribution in [0, 0.1) is 0 Å². The van der Waals surface area contributed by atoms with Gasteiger partial charge in [-0.1, -0.05) is 103 Å². The average Bonchev–Trinajstić information content (AvgIpc) is 3.52. The Morgan fingerprint density at radius 1 is 0.500 bits per heavy atom. The number of nitrogens with zero attached hydrogens (tertiary/aromatic N) is 2. The second-order valence-corrected chi connectivity index (χ2v) is 9.33. The van der Waals surface area contributed by atoms with Crippen molar-refractivity contribution in [3.8, 4) is 22.6 Å². The van der Waals surface area contributed by atoms with Gasteiger partial charge in [-0.15, -0.1) is 0 Å². The van der Waals surface area contributed by atoms with Crippen molar-refractivity contribution in [1.29, 1.82) is 0 Å². The number of hydrogen-bond donors (Lipinski definition) is 1. The minimum Gasteiger partial charge on any atom is -0.354 e. The summed E-state index contributed by atoms with van der Waals surface area (Å²) < 4.78 is 2.37. The van der Waals surface area contributed by atoms with Gasteiger partial charge in [-0.05, 0) is 23.6 Å². The molecule has 1 N–H and O–H groups in total. The van der Waals surface area contributed by atoms with Gasteiger partial charge in [0.25, 0.3) is 0 Å². The summed E-state index contributed by atoms with van der Waals surface area (Å²) in [6, 6.07) is 42.9. The maximum absolute atomic E-state index is 5.32. The van der Waals surface area contributed by atoms with E-state index in [1.54, 1.807) is 0 Å². The molecule has 36 heavy (non-hydrogen) atoms. The fourth-order valence-corrected chi connectivity index (χ4v) is 5.69. The van der Waals surface area contributed by atoms with Crippen molar-refractivity contribution in [3.63, 3.8) is 0 Å². The first-order valence-corrected chi connectivity index (χ1v) is 12.2. The zero-order valence-corrected chi connectivity index (χ0v) is 19.4. The van der Waals surface area contributed by atoms with Gasteiger partial charge >= 0.3 is 0 Å². The molecule has 0 unspecified atom stereocenters. The monoisotopic (exact) mass is 459 g/mol. The summed E-state index contributed by atoms with van der Waals surface area (Å²) in [5, 5.41) is 6.11. The highest BCUT2D eigenvalue weighted by Gasteiger charge is 2.21. The summed E-state index contributed by atoms with van der Waals surface area (Å²) in [5.41, 5.74) is 7.84. The maximum atomic E-state index is 5.32. The third kappa shape index (κ3) is 2.65. The molecule has 0 amide bonds. The zero-order chi connectivity index (χ0) is 23.6. The van der Waals surface area contributed by atoms with Crippen LogP contribution in [0.3, 0.4) is 0 Å². The number of fused-ring (bicyclic) bond motifs is 9. The van der Waals surface area contributed by atoms with Crippen molar-refractivity contribution in [1.82, 2.24) is 14.4 Å². The van der Waals surface area contributed by atoms with Gasteiger partial charge in [-0.2, -0.15) is 0 Å². The lowest BCUT2D eigenvalue weighted by atomic mass is 10.0. The highest BCUT2D eigenvalue weighted by molar-refractivity contribution is 6.20. The molecule has 168 valence electrons. The molecule has 0 aliphatic rings. The Kier molecular flexibility index (Phi) is 3.94. The standard InChI is InChI=1S/C33H21N3/c1-3-11-21(12-4-1)31-32-25-17-8-7-15-23(25)27-19-29-26(24-16-9-10-18-28(24)34-29)20-30(27)36(32)33(35-31)22-13-5-2-6-14-22/h1-20,34H. The molecule has 8 aromatic rings. The third-order valence-electron chi connectivity index (χ3n) is 7.29. The number of nitrogens with one attached hydrogen (secondary N) is 1. The molecular formula is C33H21N3. The van der Waals surface area contributed by atoms with E-state index in [9.17, 15) is 0 Å². The van der Waals surface area contributed by atoms with Crippen LogP contribution in [0.5, 0.6) is 0 Å². The van der Waals surface area contributed by atoms with E-state index >= 15 is 0 Å². The van der Waals surface area contributed by atoms with Crippen molar-refractivity contribution in [2.75, 3.05) is 0 Å². The Hall–Kier alpha value is -4.89. The summed E-state index contributed by atoms with van der Waals surface area (Å²) in [5.74, 6) is 0.958. The number of pyridine rings is 1. The van der Waals surface area contributed by atoms with E-state index in [2.05, 4.69) is 131 Å². The minimum absolute atomic E-state index is 0.958. The molecule has 0 bridgehead atoms. The molecular weight excluding hydrogens is 438 g/mol. The summed E-state index contributed by atoms with van der Waals surface area (Å²) in [6.07, 6.45) is 0. The van der Waals surface area contributed by atoms with E-state index in [4.69, 9.17) is 4.98 Å². The Balaban J connectivity index is 1.66. The fourth-order valence-electron chi connectivity index (χ4n) is 5.69. The first-order chi connectivity index (χ1) is 17.9. The summed E-state index contributed by atoms with van der Waals surface area (Å²) in [7, 11) is 0. The van der Waals surface area contributed by atoms with Crippen molar-refractivity contribution in [3.05, 3.63) is 121 Å². The van der Waals surface area contributed by atoms with E-state index in [0.717, 1.165) is 44.7 Å². The van der Waals surface area contributed by atoms with Crippen molar-refractivity contribution < 1.29 is 0 Å². The fraction of sp³-hybridized carbons (Fsp3) is 0. The molecule has 0 radical (unpaired) electrons. The number of rotatable bonds is 2. The predicted molar refractivity (Wildman–Crippen MR) is 150 cm³/mol. The summed E-state index contributed by atoms with van der Waals surface area (Å²) in [4.78, 5) is 8.95. The van der Waals surface area contributed by atoms with Crippen LogP contribution in [-0.4, -0.2) is 14.4 Å². The molecule has 3 nitrogen and oxygen atoms in total. The lowest BCUT2D eigenvalue weighted by Gasteiger charge is -2.12. The number of imidazole rings is 1. The Bertz CT molecular complexity index is 2080. The maximum Gasteiger partial charge on any atom is 0.145 e. The molecule has 3 aromatic heterocycles. The van der Waals surface area contributed by atoms with Gasteiger partial charge in [0.2, 0.25) is 0 Å². The average molecular weight is 460 g/mol. The van der Waals surface area contributed by atoms with E-state index in [0.29, 0.717) is 0 Å². The molecule has 3 heteroatoms. The molecule has 0 aliphatic heterocycles. The first-order valence-electron chi connectivity index (χ1n) is 12.2. The van der Waals surface area contributed by atoms with Gasteiger partial charge in [0.05, 0.1) is 16.7 Å². The molecule has 5 aromatic carbocycles. The van der Waals surface area contributed by atoms with Crippen molar-refractivity contribution >= 4 is 49.0 Å². The van der Waals surface area contributed by atoms with Crippen LogP contribution in [0.4, 0.5) is 0 Å². The normalized spacial score (nSPS) is 11.9. The van der Waals surface area contributed by atoms with Crippen LogP contribution in [-0.2, 0) is 0 Å². The Morgan fingerprint density at radius 3 is 1.92 bits per heavy atom. The smallest absolute Gasteiger partial charge is 0.145 e. The summed E-state index contributed by atoms with van der Waals surface area (Å²) >= 11 is 0. The van der Waals surface area contributed by atoms with E-state index in [1.165, 1.54) is 26.9 Å². The second-order valence-electron chi connectivity index (χ2n) is 9.33. The SMILES string of the molecule is c1ccc(-c2nc(-c3ccccc3)n3c4cc5c(cc4c4ccccc4c23)[nH]c2ccccc25)cc1. The first kappa shape index (κ1) is 19.4. The highest BCUT2D eigenvalue weighted by atomic mass is 15.0. The number of hydrogen-bond acceptors (Lipinski definition) is 1. The van der Waals surface area contributed by atoms with Crippen LogP contribution in [0.2, 0.25) is 0 Å². The van der Waals surface area contributed by atoms with E-state index < -0.39 is 0 Å². The van der Waals surface area contributed by atoms with Crippen LogP contribution < -0.4 is 0 Å². The Morgan fingerprint density at radius 2 is 1.14 bits per heavy atom. The largest absolute Gasteiger partial charge is 0.354 e. The van der Waals surface area contributed by atoms with Crippen LogP contribution >= 0.6 is 0 Å². The number of aromatic nitrogens is 3. The Labute approximate surface area is 207 Å². The van der Waals surface area contributed by atoms with Crippen molar-refractivity contribution in [2.45, 2.75) is 0 Å². The quantitative estimate of drug-likeness (QED) is 0.258. The van der Waals surface area contributed by atoms with Crippen LogP contribution in [0.15, 0.2) is 121 Å². The number of para-hydroxylation sites is 1. The van der Waals surface area contributed by atoms with Crippen molar-refractivity contribution in [2.24, 2.45) is 0 Å². The number of aromatic amines is 1. The second kappa shape index (κ2) is 7.30. The van der Waals surface area contributed by atoms with Gasteiger partial charge in [0.15, 0.2) is 0 Å². The highest BCUT2D eigenvalue weighted by Crippen LogP contribution is 2.40. The van der Waals surface area contributed by atoms with Gasteiger partial charge in [-0.3, -0.25) is 4.40 Å². The van der Waals surface area contributed by atoms with E-state index in [-0.39, 0.29) is 0 Å². The van der Waals surface area contributed by atoms with Crippen LogP contribution in [0.25, 0.3) is 71.6 Å². The predicted octanol–water partition coefficient (Wildman–Crippen LogP) is 8.61. The van der Waals surface area contributed by atoms with Gasteiger partial charge < -0.3 is 4.98 Å². The lowest BCUT2D eigenvalue weighted by Crippen LogP contribution is -1.94. The summed E-state index contributed by atoms with van der Waals surface area (Å²) in [6.45, 7) is 0. The molecule has 8 rings (SSSR count). The molecule has 0 saturated heterocycles. The third-order valence-corrected chi connectivity index (χ3v) is 7.29. The van der Waals surface area contributed by atoms with Gasteiger partial charge in [0.1, 0.15) is 5.82 Å². The molecule has 0 aliphatic carbocycles. The van der Waals surface area contributed by atoms with Gasteiger partial charge in [-0.25, -0.2) is 4.98 Å². The molecule has 0 saturated carbocycles. The minimum atomic E-state index is 0.958. The molecule has 0 spiro atoms. The number of benzene rings is 5. The van der Waals surface area contributed by atoms with Crippen LogP contribution in [0.1, 0.15) is 0 Å². The van der Waals surface area contributed by atoms with E-state index in [1.807, 2.05) is 0 Å². The topological polar surface area (TPSA) is 33.1 Å². The molecule has 3 heterocycles.